The normalized spacial score (nSPS) is 16.4. The maximum absolute atomic E-state index is 13.2. The van der Waals surface area contributed by atoms with Gasteiger partial charge in [-0.3, -0.25) is 9.36 Å². The number of nitrogens with one attached hydrogen (secondary N) is 1. The average Bonchev–Trinajstić information content (AvgIpc) is 2.91. The second-order valence-corrected chi connectivity index (χ2v) is 8.30. The number of benzene rings is 1. The molecule has 0 bridgehead atoms. The number of rotatable bonds is 5. The Morgan fingerprint density at radius 3 is 2.46 bits per heavy atom. The number of primary amides is 1. The maximum atomic E-state index is 13.2. The predicted molar refractivity (Wildman–Crippen MR) is 109 cm³/mol. The zero-order valence-corrected chi connectivity index (χ0v) is 16.9. The zero-order chi connectivity index (χ0) is 20.4. The van der Waals surface area contributed by atoms with Crippen LogP contribution in [0.1, 0.15) is 51.5 Å². The van der Waals surface area contributed by atoms with E-state index in [0.717, 1.165) is 28.5 Å². The average molecular weight is 386 g/mol. The van der Waals surface area contributed by atoms with E-state index in [0.29, 0.717) is 18.0 Å². The Bertz CT molecular complexity index is 935. The summed E-state index contributed by atoms with van der Waals surface area (Å²) in [6, 6.07) is 4.17. The quantitative estimate of drug-likeness (QED) is 0.826. The van der Waals surface area contributed by atoms with Crippen LogP contribution in [-0.4, -0.2) is 27.1 Å². The van der Waals surface area contributed by atoms with E-state index in [4.69, 9.17) is 5.73 Å². The van der Waals surface area contributed by atoms with Gasteiger partial charge < -0.3 is 11.1 Å². The minimum Gasteiger partial charge on any atom is -0.368 e. The van der Waals surface area contributed by atoms with E-state index < -0.39 is 18.0 Å². The van der Waals surface area contributed by atoms with Crippen molar-refractivity contribution in [2.75, 3.05) is 0 Å². The van der Waals surface area contributed by atoms with Gasteiger partial charge in [-0.25, -0.2) is 14.2 Å². The highest BCUT2D eigenvalue weighted by atomic mass is 16.2. The molecule has 1 aromatic heterocycles. The Labute approximate surface area is 164 Å². The largest absolute Gasteiger partial charge is 0.368 e. The SMILES string of the molecule is Cc1ccc2c(c1)n(CC1CCCCC1)c(=O)n2C(=O)N[C@H](C(N)=O)C(C)C. The monoisotopic (exact) mass is 386 g/mol. The van der Waals surface area contributed by atoms with Crippen LogP contribution in [0.4, 0.5) is 4.79 Å². The van der Waals surface area contributed by atoms with Crippen molar-refractivity contribution >= 4 is 23.0 Å². The minimum absolute atomic E-state index is 0.171. The second-order valence-electron chi connectivity index (χ2n) is 8.30. The smallest absolute Gasteiger partial charge is 0.337 e. The van der Waals surface area contributed by atoms with E-state index in [9.17, 15) is 14.4 Å². The zero-order valence-electron chi connectivity index (χ0n) is 16.9. The van der Waals surface area contributed by atoms with Gasteiger partial charge in [-0.05, 0) is 49.3 Å². The topological polar surface area (TPSA) is 99.1 Å². The molecule has 7 nitrogen and oxygen atoms in total. The van der Waals surface area contributed by atoms with Crippen molar-refractivity contribution in [2.24, 2.45) is 17.6 Å². The summed E-state index contributed by atoms with van der Waals surface area (Å²) in [6.45, 7) is 6.18. The summed E-state index contributed by atoms with van der Waals surface area (Å²) in [5.74, 6) is -0.337. The summed E-state index contributed by atoms with van der Waals surface area (Å²) >= 11 is 0. The molecule has 2 aromatic rings. The lowest BCUT2D eigenvalue weighted by molar-refractivity contribution is -0.120. The molecule has 2 amide bonds. The van der Waals surface area contributed by atoms with Gasteiger partial charge in [-0.2, -0.15) is 0 Å². The first-order valence-electron chi connectivity index (χ1n) is 10.1. The number of imidazole rings is 1. The first-order valence-corrected chi connectivity index (χ1v) is 10.1. The summed E-state index contributed by atoms with van der Waals surface area (Å²) < 4.78 is 2.85. The molecule has 0 radical (unpaired) electrons. The molecule has 0 spiro atoms. The Hall–Kier alpha value is -2.57. The van der Waals surface area contributed by atoms with E-state index in [1.54, 1.807) is 24.5 Å². The number of carbonyl (C=O) groups is 2. The van der Waals surface area contributed by atoms with E-state index in [1.807, 2.05) is 19.1 Å². The van der Waals surface area contributed by atoms with Gasteiger partial charge in [0.25, 0.3) is 0 Å². The summed E-state index contributed by atoms with van der Waals surface area (Å²) in [7, 11) is 0. The van der Waals surface area contributed by atoms with Gasteiger partial charge in [0.2, 0.25) is 5.91 Å². The lowest BCUT2D eigenvalue weighted by Crippen LogP contribution is -2.50. The van der Waals surface area contributed by atoms with Crippen LogP contribution in [0.3, 0.4) is 0 Å². The van der Waals surface area contributed by atoms with Crippen molar-refractivity contribution < 1.29 is 9.59 Å². The number of aryl methyl sites for hydroxylation is 1. The Kier molecular flexibility index (Phi) is 5.91. The molecule has 1 atom stereocenters. The number of hydrogen-bond donors (Lipinski definition) is 2. The fourth-order valence-electron chi connectivity index (χ4n) is 4.13. The number of aromatic nitrogens is 2. The van der Waals surface area contributed by atoms with Crippen LogP contribution in [0.2, 0.25) is 0 Å². The molecule has 0 aliphatic heterocycles. The molecule has 152 valence electrons. The van der Waals surface area contributed by atoms with Gasteiger partial charge in [0.15, 0.2) is 0 Å². The van der Waals surface area contributed by atoms with Crippen LogP contribution in [0, 0.1) is 18.8 Å². The molecule has 28 heavy (non-hydrogen) atoms. The van der Waals surface area contributed by atoms with Crippen molar-refractivity contribution in [3.8, 4) is 0 Å². The van der Waals surface area contributed by atoms with Gasteiger partial charge in [0, 0.05) is 6.54 Å². The third kappa shape index (κ3) is 3.98. The van der Waals surface area contributed by atoms with Gasteiger partial charge in [0.1, 0.15) is 6.04 Å². The van der Waals surface area contributed by atoms with Crippen LogP contribution >= 0.6 is 0 Å². The molecule has 1 fully saturated rings. The third-order valence-electron chi connectivity index (χ3n) is 5.71. The van der Waals surface area contributed by atoms with E-state index in [1.165, 1.54) is 19.3 Å². The standard InChI is InChI=1S/C21H30N4O3/c1-13(2)18(19(22)26)23-20(27)25-16-10-9-14(3)11-17(16)24(21(25)28)12-15-7-5-4-6-8-15/h9-11,13,15,18H,4-8,12H2,1-3H3,(H2,22,26)(H,23,27)/t18-/m0/s1. The van der Waals surface area contributed by atoms with Crippen LogP contribution in [0.25, 0.3) is 11.0 Å². The molecule has 7 heteroatoms. The third-order valence-corrected chi connectivity index (χ3v) is 5.71. The number of nitrogens with zero attached hydrogens (tertiary/aromatic N) is 2. The molecular formula is C21H30N4O3. The highest BCUT2D eigenvalue weighted by Crippen LogP contribution is 2.26. The Morgan fingerprint density at radius 1 is 1.18 bits per heavy atom. The summed E-state index contributed by atoms with van der Waals surface area (Å²) in [5, 5.41) is 2.63. The molecule has 3 rings (SSSR count). The summed E-state index contributed by atoms with van der Waals surface area (Å²) in [4.78, 5) is 37.8. The fraction of sp³-hybridized carbons (Fsp3) is 0.571. The molecule has 1 aliphatic carbocycles. The van der Waals surface area contributed by atoms with E-state index in [-0.39, 0.29) is 11.6 Å². The van der Waals surface area contributed by atoms with Crippen molar-refractivity contribution in [3.63, 3.8) is 0 Å². The minimum atomic E-state index is -0.832. The van der Waals surface area contributed by atoms with Crippen LogP contribution in [-0.2, 0) is 11.3 Å². The van der Waals surface area contributed by atoms with Gasteiger partial charge in [-0.1, -0.05) is 39.2 Å². The Morgan fingerprint density at radius 2 is 1.86 bits per heavy atom. The predicted octanol–water partition coefficient (Wildman–Crippen LogP) is 2.76. The molecule has 1 saturated carbocycles. The number of fused-ring (bicyclic) bond motifs is 1. The number of carbonyl (C=O) groups excluding carboxylic acids is 2. The highest BCUT2D eigenvalue weighted by molar-refractivity contribution is 5.92. The van der Waals surface area contributed by atoms with Crippen LogP contribution in [0.5, 0.6) is 0 Å². The molecule has 1 heterocycles. The van der Waals surface area contributed by atoms with Gasteiger partial charge in [-0.15, -0.1) is 0 Å². The molecular weight excluding hydrogens is 356 g/mol. The fourth-order valence-corrected chi connectivity index (χ4v) is 4.13. The molecule has 1 aromatic carbocycles. The maximum Gasteiger partial charge on any atom is 0.337 e. The van der Waals surface area contributed by atoms with Crippen molar-refractivity contribution in [1.82, 2.24) is 14.5 Å². The van der Waals surface area contributed by atoms with Crippen molar-refractivity contribution in [3.05, 3.63) is 34.2 Å². The van der Waals surface area contributed by atoms with Crippen LogP contribution in [0.15, 0.2) is 23.0 Å². The lowest BCUT2D eigenvalue weighted by Gasteiger charge is -2.21. The molecule has 1 aliphatic rings. The van der Waals surface area contributed by atoms with Crippen LogP contribution < -0.4 is 16.7 Å². The number of nitrogens with two attached hydrogens (primary N) is 1. The summed E-state index contributed by atoms with van der Waals surface area (Å²) in [5.41, 5.74) is 7.39. The van der Waals surface area contributed by atoms with Gasteiger partial charge >= 0.3 is 11.7 Å². The first kappa shape index (κ1) is 20.2. The Balaban J connectivity index is 2.02. The first-order chi connectivity index (χ1) is 13.3. The number of amides is 2. The lowest BCUT2D eigenvalue weighted by atomic mass is 9.89. The summed E-state index contributed by atoms with van der Waals surface area (Å²) in [6.07, 6.45) is 5.83. The highest BCUT2D eigenvalue weighted by Gasteiger charge is 2.26. The second kappa shape index (κ2) is 8.20. The van der Waals surface area contributed by atoms with Crippen molar-refractivity contribution in [2.45, 2.75) is 65.5 Å². The van der Waals surface area contributed by atoms with E-state index in [2.05, 4.69) is 5.32 Å². The molecule has 3 N–H and O–H groups in total. The van der Waals surface area contributed by atoms with E-state index >= 15 is 0 Å². The molecule has 0 unspecified atom stereocenters. The van der Waals surface area contributed by atoms with Crippen molar-refractivity contribution in [1.29, 1.82) is 0 Å². The molecule has 0 saturated heterocycles. The van der Waals surface area contributed by atoms with Gasteiger partial charge in [0.05, 0.1) is 11.0 Å². The number of hydrogen-bond acceptors (Lipinski definition) is 3.